The van der Waals surface area contributed by atoms with Crippen LogP contribution in [0.25, 0.3) is 0 Å². The van der Waals surface area contributed by atoms with Gasteiger partial charge in [0.25, 0.3) is 0 Å². The van der Waals surface area contributed by atoms with E-state index in [9.17, 15) is 13.5 Å². The zero-order chi connectivity index (χ0) is 15.3. The molecule has 1 aliphatic rings. The van der Waals surface area contributed by atoms with Gasteiger partial charge in [-0.05, 0) is 18.9 Å². The third-order valence-electron chi connectivity index (χ3n) is 3.65. The van der Waals surface area contributed by atoms with Crippen molar-refractivity contribution in [2.45, 2.75) is 31.9 Å². The first-order valence-electron chi connectivity index (χ1n) is 7.06. The number of hydrogen-bond donors (Lipinski definition) is 2. The second kappa shape index (κ2) is 7.22. The summed E-state index contributed by atoms with van der Waals surface area (Å²) in [4.78, 5) is 0. The summed E-state index contributed by atoms with van der Waals surface area (Å²) >= 11 is 0. The molecular formula is C14H22N2O4S. The monoisotopic (exact) mass is 314 g/mol. The predicted octanol–water partition coefficient (Wildman–Crippen LogP) is 1.34. The molecule has 1 fully saturated rings. The first-order valence-corrected chi connectivity index (χ1v) is 8.50. The zero-order valence-corrected chi connectivity index (χ0v) is 13.0. The summed E-state index contributed by atoms with van der Waals surface area (Å²) in [5.74, 6) is 0. The topological polar surface area (TPSA) is 78.9 Å². The minimum atomic E-state index is -3.67. The molecule has 0 spiro atoms. The molecule has 1 atom stereocenters. The fourth-order valence-corrected chi connectivity index (χ4v) is 4.10. The number of methoxy groups -OCH3 is 1. The highest BCUT2D eigenvalue weighted by atomic mass is 32.2. The van der Waals surface area contributed by atoms with E-state index in [-0.39, 0.29) is 12.6 Å². The van der Waals surface area contributed by atoms with Gasteiger partial charge in [-0.15, -0.1) is 0 Å². The summed E-state index contributed by atoms with van der Waals surface area (Å²) in [6, 6.07) is 6.80. The minimum Gasteiger partial charge on any atom is -0.395 e. The highest BCUT2D eigenvalue weighted by Gasteiger charge is 2.32. The van der Waals surface area contributed by atoms with E-state index in [0.29, 0.717) is 25.3 Å². The van der Waals surface area contributed by atoms with Gasteiger partial charge in [0.1, 0.15) is 0 Å². The molecule has 118 valence electrons. The van der Waals surface area contributed by atoms with Gasteiger partial charge in [-0.25, -0.2) is 0 Å². The van der Waals surface area contributed by atoms with Crippen molar-refractivity contribution >= 4 is 15.9 Å². The number of aliphatic hydroxyl groups is 1. The predicted molar refractivity (Wildman–Crippen MR) is 81.1 cm³/mol. The van der Waals surface area contributed by atoms with Crippen LogP contribution in [-0.4, -0.2) is 44.1 Å². The van der Waals surface area contributed by atoms with Crippen molar-refractivity contribution < 1.29 is 18.3 Å². The van der Waals surface area contributed by atoms with Crippen molar-refractivity contribution in [3.8, 4) is 0 Å². The van der Waals surface area contributed by atoms with E-state index in [1.165, 1.54) is 4.31 Å². The van der Waals surface area contributed by atoms with Crippen LogP contribution in [0.15, 0.2) is 24.3 Å². The van der Waals surface area contributed by atoms with E-state index in [0.717, 1.165) is 18.4 Å². The number of nitrogens with one attached hydrogen (secondary N) is 1. The van der Waals surface area contributed by atoms with E-state index >= 15 is 0 Å². The number of ether oxygens (including phenoxy) is 1. The molecule has 1 aromatic rings. The van der Waals surface area contributed by atoms with E-state index in [1.54, 1.807) is 19.2 Å². The second-order valence-corrected chi connectivity index (χ2v) is 6.76. The largest absolute Gasteiger partial charge is 0.395 e. The number of benzene rings is 1. The summed E-state index contributed by atoms with van der Waals surface area (Å²) in [5, 5.41) is 9.38. The van der Waals surface area contributed by atoms with Gasteiger partial charge in [-0.1, -0.05) is 24.6 Å². The molecule has 0 aliphatic carbocycles. The lowest BCUT2D eigenvalue weighted by molar-refractivity contribution is 0.155. The van der Waals surface area contributed by atoms with Gasteiger partial charge >= 0.3 is 10.2 Å². The Balaban J connectivity index is 2.20. The molecule has 2 rings (SSSR count). The molecule has 0 bridgehead atoms. The van der Waals surface area contributed by atoms with Gasteiger partial charge in [0, 0.05) is 25.3 Å². The molecule has 7 heteroatoms. The smallest absolute Gasteiger partial charge is 0.301 e. The summed E-state index contributed by atoms with van der Waals surface area (Å²) < 4.78 is 34.1. The molecule has 0 saturated carbocycles. The van der Waals surface area contributed by atoms with Crippen molar-refractivity contribution in [2.24, 2.45) is 0 Å². The number of rotatable bonds is 6. The highest BCUT2D eigenvalue weighted by molar-refractivity contribution is 7.90. The lowest BCUT2D eigenvalue weighted by Crippen LogP contribution is -2.48. The Labute approximate surface area is 125 Å². The van der Waals surface area contributed by atoms with Crippen molar-refractivity contribution in [1.82, 2.24) is 4.31 Å². The summed E-state index contributed by atoms with van der Waals surface area (Å²) in [6.45, 7) is 0.621. The van der Waals surface area contributed by atoms with Crippen LogP contribution in [0.2, 0.25) is 0 Å². The van der Waals surface area contributed by atoms with E-state index in [4.69, 9.17) is 4.74 Å². The van der Waals surface area contributed by atoms with Gasteiger partial charge in [-0.3, -0.25) is 4.72 Å². The van der Waals surface area contributed by atoms with Crippen molar-refractivity contribution in [2.75, 3.05) is 25.0 Å². The number of anilines is 1. The van der Waals surface area contributed by atoms with Gasteiger partial charge in [0.15, 0.2) is 0 Å². The van der Waals surface area contributed by atoms with Gasteiger partial charge < -0.3 is 9.84 Å². The molecule has 21 heavy (non-hydrogen) atoms. The first-order chi connectivity index (χ1) is 10.1. The number of aliphatic hydroxyl groups excluding tert-OH is 1. The molecule has 1 saturated heterocycles. The number of para-hydroxylation sites is 1. The Bertz CT molecular complexity index is 562. The van der Waals surface area contributed by atoms with E-state index in [1.807, 2.05) is 12.1 Å². The standard InChI is InChI=1S/C14H22N2O4S/c1-20-11-12-6-2-3-8-14(12)15-21(18,19)16-9-5-4-7-13(16)10-17/h2-3,6,8,13,15,17H,4-5,7,9-11H2,1H3. The average Bonchev–Trinajstić information content (AvgIpc) is 2.49. The molecular weight excluding hydrogens is 292 g/mol. The molecule has 0 amide bonds. The highest BCUT2D eigenvalue weighted by Crippen LogP contribution is 2.23. The molecule has 0 radical (unpaired) electrons. The Morgan fingerprint density at radius 3 is 2.86 bits per heavy atom. The van der Waals surface area contributed by atoms with Crippen LogP contribution in [0, 0.1) is 0 Å². The van der Waals surface area contributed by atoms with Crippen molar-refractivity contribution in [3.63, 3.8) is 0 Å². The third kappa shape index (κ3) is 3.94. The molecule has 1 heterocycles. The molecule has 1 unspecified atom stereocenters. The summed E-state index contributed by atoms with van der Waals surface area (Å²) in [6.07, 6.45) is 2.45. The maximum atomic E-state index is 12.5. The minimum absolute atomic E-state index is 0.152. The Morgan fingerprint density at radius 1 is 1.38 bits per heavy atom. The number of hydrogen-bond acceptors (Lipinski definition) is 4. The summed E-state index contributed by atoms with van der Waals surface area (Å²) in [5.41, 5.74) is 1.29. The molecule has 6 nitrogen and oxygen atoms in total. The lowest BCUT2D eigenvalue weighted by Gasteiger charge is -2.33. The zero-order valence-electron chi connectivity index (χ0n) is 12.2. The Kier molecular flexibility index (Phi) is 5.58. The first kappa shape index (κ1) is 16.2. The maximum Gasteiger partial charge on any atom is 0.301 e. The van der Waals surface area contributed by atoms with Gasteiger partial charge in [-0.2, -0.15) is 12.7 Å². The van der Waals surface area contributed by atoms with Crippen LogP contribution in [0.5, 0.6) is 0 Å². The van der Waals surface area contributed by atoms with Gasteiger partial charge in [0.05, 0.1) is 18.9 Å². The van der Waals surface area contributed by atoms with Crippen LogP contribution >= 0.6 is 0 Å². The van der Waals surface area contributed by atoms with Gasteiger partial charge in [0.2, 0.25) is 0 Å². The second-order valence-electron chi connectivity index (χ2n) is 5.14. The number of nitrogens with zero attached hydrogens (tertiary/aromatic N) is 1. The van der Waals surface area contributed by atoms with Crippen molar-refractivity contribution in [1.29, 1.82) is 0 Å². The maximum absolute atomic E-state index is 12.5. The van der Waals surface area contributed by atoms with Crippen LogP contribution in [0.4, 0.5) is 5.69 Å². The number of piperidine rings is 1. The summed E-state index contributed by atoms with van der Waals surface area (Å²) in [7, 11) is -2.10. The van der Waals surface area contributed by atoms with Crippen LogP contribution in [-0.2, 0) is 21.6 Å². The quantitative estimate of drug-likeness (QED) is 0.830. The SMILES string of the molecule is COCc1ccccc1NS(=O)(=O)N1CCCCC1CO. The normalized spacial score (nSPS) is 20.4. The van der Waals surface area contributed by atoms with E-state index in [2.05, 4.69) is 4.72 Å². The Morgan fingerprint density at radius 2 is 2.14 bits per heavy atom. The van der Waals surface area contributed by atoms with Crippen molar-refractivity contribution in [3.05, 3.63) is 29.8 Å². The third-order valence-corrected chi connectivity index (χ3v) is 5.22. The Hall–Kier alpha value is -1.15. The molecule has 1 aromatic carbocycles. The molecule has 2 N–H and O–H groups in total. The van der Waals surface area contributed by atoms with Crippen LogP contribution in [0.1, 0.15) is 24.8 Å². The average molecular weight is 314 g/mol. The van der Waals surface area contributed by atoms with E-state index < -0.39 is 10.2 Å². The van der Waals surface area contributed by atoms with Crippen LogP contribution < -0.4 is 4.72 Å². The van der Waals surface area contributed by atoms with Crippen LogP contribution in [0.3, 0.4) is 0 Å². The fourth-order valence-electron chi connectivity index (χ4n) is 2.57. The lowest BCUT2D eigenvalue weighted by atomic mass is 10.1. The molecule has 0 aromatic heterocycles. The molecule has 1 aliphatic heterocycles. The fraction of sp³-hybridized carbons (Fsp3) is 0.571.